The van der Waals surface area contributed by atoms with Crippen LogP contribution in [0.25, 0.3) is 0 Å². The van der Waals surface area contributed by atoms with Crippen molar-refractivity contribution >= 4 is 21.8 Å². The SMILES string of the molecule is CCN(CC)C(=O)c1ccc(S(=O)(=O)N2CC[C@H]3[C@@H](CCC(=O)N3C3CC3)C2)cc1. The molecule has 1 aromatic rings. The maximum atomic E-state index is 13.2. The van der Waals surface area contributed by atoms with E-state index in [9.17, 15) is 18.0 Å². The fourth-order valence-electron chi connectivity index (χ4n) is 4.92. The number of hydrogen-bond donors (Lipinski definition) is 0. The molecule has 8 heteroatoms. The average Bonchev–Trinajstić information content (AvgIpc) is 3.59. The number of carbonyl (C=O) groups is 2. The molecule has 2 saturated heterocycles. The van der Waals surface area contributed by atoms with E-state index in [1.165, 1.54) is 0 Å². The third-order valence-corrected chi connectivity index (χ3v) is 8.64. The zero-order chi connectivity index (χ0) is 21.5. The van der Waals surface area contributed by atoms with Gasteiger partial charge in [0.05, 0.1) is 4.90 Å². The van der Waals surface area contributed by atoms with Crippen LogP contribution < -0.4 is 0 Å². The van der Waals surface area contributed by atoms with Gasteiger partial charge in [-0.2, -0.15) is 4.31 Å². The number of rotatable bonds is 6. The summed E-state index contributed by atoms with van der Waals surface area (Å²) in [6.07, 6.45) is 4.14. The van der Waals surface area contributed by atoms with Gasteiger partial charge < -0.3 is 9.80 Å². The van der Waals surface area contributed by atoms with Gasteiger partial charge >= 0.3 is 0 Å². The molecule has 0 unspecified atom stereocenters. The molecule has 2 atom stereocenters. The van der Waals surface area contributed by atoms with E-state index >= 15 is 0 Å². The van der Waals surface area contributed by atoms with Crippen molar-refractivity contribution in [3.8, 4) is 0 Å². The Morgan fingerprint density at radius 2 is 1.73 bits per heavy atom. The van der Waals surface area contributed by atoms with Crippen molar-refractivity contribution < 1.29 is 18.0 Å². The summed E-state index contributed by atoms with van der Waals surface area (Å²) in [5.74, 6) is 0.357. The van der Waals surface area contributed by atoms with E-state index in [1.807, 2.05) is 13.8 Å². The quantitative estimate of drug-likeness (QED) is 0.690. The summed E-state index contributed by atoms with van der Waals surface area (Å²) < 4.78 is 28.0. The standard InChI is InChI=1S/C22H31N3O4S/c1-3-23(4-2)22(27)16-5-10-19(11-6-16)30(28,29)24-14-13-20-17(15-24)7-12-21(26)25(20)18-8-9-18/h5-6,10-11,17-18,20H,3-4,7-9,12-15H2,1-2H3/t17-,20-/m0/s1. The Morgan fingerprint density at radius 3 is 2.33 bits per heavy atom. The predicted octanol–water partition coefficient (Wildman–Crippen LogP) is 2.33. The molecule has 0 radical (unpaired) electrons. The van der Waals surface area contributed by atoms with E-state index in [0.717, 1.165) is 19.3 Å². The highest BCUT2D eigenvalue weighted by Crippen LogP contribution is 2.39. The number of fused-ring (bicyclic) bond motifs is 1. The summed E-state index contributed by atoms with van der Waals surface area (Å²) >= 11 is 0. The Hall–Kier alpha value is -1.93. The monoisotopic (exact) mass is 433 g/mol. The number of amides is 2. The van der Waals surface area contributed by atoms with E-state index in [1.54, 1.807) is 33.5 Å². The number of hydrogen-bond acceptors (Lipinski definition) is 4. The summed E-state index contributed by atoms with van der Waals surface area (Å²) in [5.41, 5.74) is 0.502. The minimum absolute atomic E-state index is 0.0863. The van der Waals surface area contributed by atoms with Crippen LogP contribution in [0.5, 0.6) is 0 Å². The second-order valence-electron chi connectivity index (χ2n) is 8.55. The van der Waals surface area contributed by atoms with E-state index in [4.69, 9.17) is 0 Å². The maximum absolute atomic E-state index is 13.2. The van der Waals surface area contributed by atoms with Crippen LogP contribution in [0.4, 0.5) is 0 Å². The van der Waals surface area contributed by atoms with Crippen molar-refractivity contribution in [1.82, 2.24) is 14.1 Å². The Kier molecular flexibility index (Phi) is 5.90. The summed E-state index contributed by atoms with van der Waals surface area (Å²) in [7, 11) is -3.62. The smallest absolute Gasteiger partial charge is 0.253 e. The van der Waals surface area contributed by atoms with E-state index in [-0.39, 0.29) is 28.7 Å². The van der Waals surface area contributed by atoms with Crippen LogP contribution in [0.1, 0.15) is 56.3 Å². The van der Waals surface area contributed by atoms with Crippen molar-refractivity contribution in [3.05, 3.63) is 29.8 Å². The lowest BCUT2D eigenvalue weighted by molar-refractivity contribution is -0.141. The van der Waals surface area contributed by atoms with Crippen LogP contribution in [-0.4, -0.2) is 72.6 Å². The number of piperidine rings is 2. The lowest BCUT2D eigenvalue weighted by atomic mass is 9.84. The molecule has 164 valence electrons. The van der Waals surface area contributed by atoms with Gasteiger partial charge in [0.2, 0.25) is 15.9 Å². The number of sulfonamides is 1. The number of benzene rings is 1. The summed E-state index contributed by atoms with van der Waals surface area (Å²) in [4.78, 5) is 28.8. The number of nitrogens with zero attached hydrogens (tertiary/aromatic N) is 3. The van der Waals surface area contributed by atoms with Crippen LogP contribution >= 0.6 is 0 Å². The fraction of sp³-hybridized carbons (Fsp3) is 0.636. The summed E-state index contributed by atoms with van der Waals surface area (Å²) in [6, 6.07) is 6.85. The minimum atomic E-state index is -3.62. The Labute approximate surface area is 179 Å². The lowest BCUT2D eigenvalue weighted by Gasteiger charge is -2.46. The zero-order valence-corrected chi connectivity index (χ0v) is 18.6. The molecule has 3 fully saturated rings. The van der Waals surface area contributed by atoms with Gasteiger partial charge in [0.25, 0.3) is 5.91 Å². The topological polar surface area (TPSA) is 78.0 Å². The van der Waals surface area contributed by atoms with Gasteiger partial charge in [-0.25, -0.2) is 8.42 Å². The molecule has 2 aliphatic heterocycles. The highest BCUT2D eigenvalue weighted by atomic mass is 32.2. The average molecular weight is 434 g/mol. The van der Waals surface area contributed by atoms with Gasteiger partial charge in [-0.05, 0) is 69.7 Å². The van der Waals surface area contributed by atoms with Gasteiger partial charge in [-0.3, -0.25) is 9.59 Å². The van der Waals surface area contributed by atoms with Crippen molar-refractivity contribution in [2.24, 2.45) is 5.92 Å². The third kappa shape index (κ3) is 3.87. The Bertz CT molecular complexity index is 907. The fourth-order valence-corrected chi connectivity index (χ4v) is 6.43. The van der Waals surface area contributed by atoms with Crippen molar-refractivity contribution in [2.75, 3.05) is 26.2 Å². The first-order chi connectivity index (χ1) is 14.4. The Balaban J connectivity index is 1.48. The molecule has 7 nitrogen and oxygen atoms in total. The maximum Gasteiger partial charge on any atom is 0.253 e. The second-order valence-corrected chi connectivity index (χ2v) is 10.5. The molecule has 3 aliphatic rings. The molecule has 0 aromatic heterocycles. The molecule has 2 heterocycles. The predicted molar refractivity (Wildman–Crippen MR) is 113 cm³/mol. The molecule has 1 aliphatic carbocycles. The second kappa shape index (κ2) is 8.30. The largest absolute Gasteiger partial charge is 0.339 e. The Morgan fingerprint density at radius 1 is 1.07 bits per heavy atom. The first kappa shape index (κ1) is 21.3. The van der Waals surface area contributed by atoms with Crippen LogP contribution in [0.3, 0.4) is 0 Å². The zero-order valence-electron chi connectivity index (χ0n) is 17.8. The van der Waals surface area contributed by atoms with Gasteiger partial charge in [0, 0.05) is 50.2 Å². The van der Waals surface area contributed by atoms with E-state index < -0.39 is 10.0 Å². The van der Waals surface area contributed by atoms with Gasteiger partial charge in [-0.1, -0.05) is 0 Å². The van der Waals surface area contributed by atoms with Crippen LogP contribution in [0.15, 0.2) is 29.2 Å². The first-order valence-electron chi connectivity index (χ1n) is 11.1. The number of likely N-dealkylation sites (tertiary alicyclic amines) is 1. The highest BCUT2D eigenvalue weighted by molar-refractivity contribution is 7.89. The van der Waals surface area contributed by atoms with Gasteiger partial charge in [0.1, 0.15) is 0 Å². The van der Waals surface area contributed by atoms with Crippen LogP contribution in [0.2, 0.25) is 0 Å². The highest BCUT2D eigenvalue weighted by Gasteiger charge is 2.46. The van der Waals surface area contributed by atoms with Gasteiger partial charge in [0.15, 0.2) is 0 Å². The molecule has 0 spiro atoms. The lowest BCUT2D eigenvalue weighted by Crippen LogP contribution is -2.57. The molecule has 30 heavy (non-hydrogen) atoms. The van der Waals surface area contributed by atoms with E-state index in [0.29, 0.717) is 50.6 Å². The minimum Gasteiger partial charge on any atom is -0.339 e. The summed E-state index contributed by atoms with van der Waals surface area (Å²) in [5, 5.41) is 0. The molecule has 0 bridgehead atoms. The molecular formula is C22H31N3O4S. The molecular weight excluding hydrogens is 402 g/mol. The first-order valence-corrected chi connectivity index (χ1v) is 12.5. The normalized spacial score (nSPS) is 25.1. The van der Waals surface area contributed by atoms with Crippen LogP contribution in [-0.2, 0) is 14.8 Å². The third-order valence-electron chi connectivity index (χ3n) is 6.76. The molecule has 2 amide bonds. The van der Waals surface area contributed by atoms with Crippen LogP contribution in [0, 0.1) is 5.92 Å². The molecule has 4 rings (SSSR count). The number of carbonyl (C=O) groups excluding carboxylic acids is 2. The van der Waals surface area contributed by atoms with Crippen molar-refractivity contribution in [1.29, 1.82) is 0 Å². The summed E-state index contributed by atoms with van der Waals surface area (Å²) in [6.45, 7) is 5.97. The molecule has 0 N–H and O–H groups in total. The van der Waals surface area contributed by atoms with Crippen molar-refractivity contribution in [2.45, 2.75) is 62.9 Å². The molecule has 1 saturated carbocycles. The molecule has 1 aromatic carbocycles. The van der Waals surface area contributed by atoms with Gasteiger partial charge in [-0.15, -0.1) is 0 Å². The van der Waals surface area contributed by atoms with E-state index in [2.05, 4.69) is 4.90 Å². The van der Waals surface area contributed by atoms with Crippen molar-refractivity contribution in [3.63, 3.8) is 0 Å².